The van der Waals surface area contributed by atoms with Gasteiger partial charge >= 0.3 is 0 Å². The SMILES string of the molecule is CCOc1ccc(NCC(O)COCC2CC2)cn1. The molecule has 19 heavy (non-hydrogen) atoms. The van der Waals surface area contributed by atoms with Crippen molar-refractivity contribution in [3.8, 4) is 5.88 Å². The quantitative estimate of drug-likeness (QED) is 0.712. The van der Waals surface area contributed by atoms with Crippen molar-refractivity contribution in [2.24, 2.45) is 5.92 Å². The monoisotopic (exact) mass is 266 g/mol. The van der Waals surface area contributed by atoms with Crippen LogP contribution in [0.2, 0.25) is 0 Å². The molecule has 5 heteroatoms. The highest BCUT2D eigenvalue weighted by atomic mass is 16.5. The molecule has 1 aliphatic rings. The van der Waals surface area contributed by atoms with E-state index in [1.54, 1.807) is 6.20 Å². The third kappa shape index (κ3) is 5.44. The molecule has 1 aromatic rings. The molecule has 1 aromatic heterocycles. The Morgan fingerprint density at radius 3 is 2.95 bits per heavy atom. The lowest BCUT2D eigenvalue weighted by atomic mass is 10.3. The van der Waals surface area contributed by atoms with E-state index in [0.717, 1.165) is 18.2 Å². The first-order chi connectivity index (χ1) is 9.28. The molecule has 1 atom stereocenters. The van der Waals surface area contributed by atoms with Gasteiger partial charge in [0.05, 0.1) is 31.2 Å². The average Bonchev–Trinajstić information content (AvgIpc) is 3.22. The van der Waals surface area contributed by atoms with Gasteiger partial charge in [-0.1, -0.05) is 0 Å². The Morgan fingerprint density at radius 1 is 1.47 bits per heavy atom. The van der Waals surface area contributed by atoms with Crippen molar-refractivity contribution >= 4 is 5.69 Å². The molecular weight excluding hydrogens is 244 g/mol. The lowest BCUT2D eigenvalue weighted by molar-refractivity contribution is 0.0386. The van der Waals surface area contributed by atoms with Crippen molar-refractivity contribution < 1.29 is 14.6 Å². The van der Waals surface area contributed by atoms with Crippen LogP contribution in [0.1, 0.15) is 19.8 Å². The predicted octanol–water partition coefficient (Wildman–Crippen LogP) is 1.68. The number of anilines is 1. The van der Waals surface area contributed by atoms with Gasteiger partial charge in [0, 0.05) is 19.2 Å². The number of hydrogen-bond donors (Lipinski definition) is 2. The summed E-state index contributed by atoms with van der Waals surface area (Å²) < 4.78 is 10.7. The van der Waals surface area contributed by atoms with Crippen LogP contribution in [0.3, 0.4) is 0 Å². The molecule has 2 rings (SSSR count). The fourth-order valence-corrected chi connectivity index (χ4v) is 1.67. The van der Waals surface area contributed by atoms with E-state index in [-0.39, 0.29) is 0 Å². The van der Waals surface area contributed by atoms with Crippen LogP contribution in [0.15, 0.2) is 18.3 Å². The molecule has 5 nitrogen and oxygen atoms in total. The van der Waals surface area contributed by atoms with Crippen LogP contribution < -0.4 is 10.1 Å². The second-order valence-corrected chi connectivity index (χ2v) is 4.83. The number of nitrogens with one attached hydrogen (secondary N) is 1. The van der Waals surface area contributed by atoms with Crippen molar-refractivity contribution in [2.45, 2.75) is 25.9 Å². The average molecular weight is 266 g/mol. The van der Waals surface area contributed by atoms with Crippen LogP contribution >= 0.6 is 0 Å². The van der Waals surface area contributed by atoms with Gasteiger partial charge < -0.3 is 19.9 Å². The summed E-state index contributed by atoms with van der Waals surface area (Å²) in [5.74, 6) is 1.34. The highest BCUT2D eigenvalue weighted by Gasteiger charge is 2.21. The molecule has 1 unspecified atom stereocenters. The first-order valence-corrected chi connectivity index (χ1v) is 6.86. The van der Waals surface area contributed by atoms with Gasteiger partial charge in [0.1, 0.15) is 0 Å². The summed E-state index contributed by atoms with van der Waals surface area (Å²) in [6.45, 7) is 4.15. The maximum Gasteiger partial charge on any atom is 0.213 e. The third-order valence-electron chi connectivity index (χ3n) is 2.93. The zero-order chi connectivity index (χ0) is 13.5. The van der Waals surface area contributed by atoms with E-state index in [2.05, 4.69) is 10.3 Å². The van der Waals surface area contributed by atoms with E-state index >= 15 is 0 Å². The van der Waals surface area contributed by atoms with Crippen LogP contribution in [-0.2, 0) is 4.74 Å². The van der Waals surface area contributed by atoms with Gasteiger partial charge in [-0.25, -0.2) is 4.98 Å². The highest BCUT2D eigenvalue weighted by Crippen LogP contribution is 2.28. The molecule has 0 bridgehead atoms. The molecule has 2 N–H and O–H groups in total. The van der Waals surface area contributed by atoms with E-state index in [0.29, 0.717) is 25.6 Å². The van der Waals surface area contributed by atoms with Crippen molar-refractivity contribution in [3.63, 3.8) is 0 Å². The molecule has 106 valence electrons. The zero-order valence-electron chi connectivity index (χ0n) is 11.3. The summed E-state index contributed by atoms with van der Waals surface area (Å²) in [5.41, 5.74) is 0.865. The third-order valence-corrected chi connectivity index (χ3v) is 2.93. The summed E-state index contributed by atoms with van der Waals surface area (Å²) in [7, 11) is 0. The van der Waals surface area contributed by atoms with Crippen LogP contribution in [-0.4, -0.2) is 42.6 Å². The van der Waals surface area contributed by atoms with Gasteiger partial charge in [0.2, 0.25) is 5.88 Å². The van der Waals surface area contributed by atoms with Gasteiger partial charge in [-0.05, 0) is 31.7 Å². The Labute approximate surface area is 114 Å². The number of aromatic nitrogens is 1. The minimum absolute atomic E-state index is 0.383. The molecule has 0 radical (unpaired) electrons. The zero-order valence-corrected chi connectivity index (χ0v) is 11.3. The number of rotatable bonds is 9. The maximum absolute atomic E-state index is 9.75. The Bertz CT molecular complexity index is 365. The molecular formula is C14H22N2O3. The highest BCUT2D eigenvalue weighted by molar-refractivity contribution is 5.42. The van der Waals surface area contributed by atoms with Crippen molar-refractivity contribution in [1.82, 2.24) is 4.98 Å². The molecule has 0 spiro atoms. The summed E-state index contributed by atoms with van der Waals surface area (Å²) >= 11 is 0. The fourth-order valence-electron chi connectivity index (χ4n) is 1.67. The van der Waals surface area contributed by atoms with Crippen molar-refractivity contribution in [3.05, 3.63) is 18.3 Å². The maximum atomic E-state index is 9.75. The Balaban J connectivity index is 1.62. The topological polar surface area (TPSA) is 63.6 Å². The number of nitrogens with zero attached hydrogens (tertiary/aromatic N) is 1. The van der Waals surface area contributed by atoms with E-state index in [9.17, 15) is 5.11 Å². The summed E-state index contributed by atoms with van der Waals surface area (Å²) in [4.78, 5) is 4.14. The molecule has 0 amide bonds. The number of hydrogen-bond acceptors (Lipinski definition) is 5. The Morgan fingerprint density at radius 2 is 2.32 bits per heavy atom. The van der Waals surface area contributed by atoms with Gasteiger partial charge in [-0.3, -0.25) is 0 Å². The lowest BCUT2D eigenvalue weighted by Gasteiger charge is -2.13. The largest absolute Gasteiger partial charge is 0.478 e. The summed E-state index contributed by atoms with van der Waals surface area (Å²) in [6.07, 6.45) is 3.74. The molecule has 0 saturated heterocycles. The molecule has 1 fully saturated rings. The Kier molecular flexibility index (Phi) is 5.42. The van der Waals surface area contributed by atoms with Gasteiger partial charge in [-0.2, -0.15) is 0 Å². The molecule has 1 saturated carbocycles. The van der Waals surface area contributed by atoms with E-state index in [4.69, 9.17) is 9.47 Å². The van der Waals surface area contributed by atoms with E-state index < -0.39 is 6.10 Å². The minimum atomic E-state index is -0.495. The molecule has 0 aromatic carbocycles. The number of ether oxygens (including phenoxy) is 2. The van der Waals surface area contributed by atoms with Gasteiger partial charge in [0.25, 0.3) is 0 Å². The minimum Gasteiger partial charge on any atom is -0.478 e. The van der Waals surface area contributed by atoms with E-state index in [1.807, 2.05) is 19.1 Å². The van der Waals surface area contributed by atoms with Gasteiger partial charge in [-0.15, -0.1) is 0 Å². The standard InChI is InChI=1S/C14H22N2O3/c1-2-19-14-6-5-12(7-16-14)15-8-13(17)10-18-9-11-3-4-11/h5-7,11,13,15,17H,2-4,8-10H2,1H3. The normalized spacial score (nSPS) is 16.1. The summed E-state index contributed by atoms with van der Waals surface area (Å²) in [6, 6.07) is 3.69. The van der Waals surface area contributed by atoms with Crippen LogP contribution in [0.5, 0.6) is 5.88 Å². The molecule has 1 aliphatic carbocycles. The molecule has 0 aliphatic heterocycles. The van der Waals surface area contributed by atoms with Crippen molar-refractivity contribution in [1.29, 1.82) is 0 Å². The smallest absolute Gasteiger partial charge is 0.213 e. The van der Waals surface area contributed by atoms with Crippen LogP contribution in [0, 0.1) is 5.92 Å². The number of aliphatic hydroxyl groups excluding tert-OH is 1. The first kappa shape index (κ1) is 14.1. The number of aliphatic hydroxyl groups is 1. The van der Waals surface area contributed by atoms with Gasteiger partial charge in [0.15, 0.2) is 0 Å². The van der Waals surface area contributed by atoms with Crippen molar-refractivity contribution in [2.75, 3.05) is 31.7 Å². The second kappa shape index (κ2) is 7.31. The van der Waals surface area contributed by atoms with Crippen LogP contribution in [0.25, 0.3) is 0 Å². The first-order valence-electron chi connectivity index (χ1n) is 6.86. The summed E-state index contributed by atoms with van der Waals surface area (Å²) in [5, 5.41) is 12.9. The number of pyridine rings is 1. The lowest BCUT2D eigenvalue weighted by Crippen LogP contribution is -2.25. The van der Waals surface area contributed by atoms with E-state index in [1.165, 1.54) is 12.8 Å². The Hall–Kier alpha value is -1.33. The predicted molar refractivity (Wildman–Crippen MR) is 73.4 cm³/mol. The van der Waals surface area contributed by atoms with Crippen LogP contribution in [0.4, 0.5) is 5.69 Å². The fraction of sp³-hybridized carbons (Fsp3) is 0.643. The second-order valence-electron chi connectivity index (χ2n) is 4.83. The molecule has 1 heterocycles.